The van der Waals surface area contributed by atoms with Crippen molar-refractivity contribution < 1.29 is 27.6 Å². The van der Waals surface area contributed by atoms with Crippen LogP contribution in [0.4, 0.5) is 0 Å². The van der Waals surface area contributed by atoms with Crippen molar-refractivity contribution in [1.29, 1.82) is 0 Å². The van der Waals surface area contributed by atoms with Crippen LogP contribution < -0.4 is 27.6 Å². The van der Waals surface area contributed by atoms with E-state index in [-0.39, 0.29) is 18.1 Å². The third kappa shape index (κ3) is 7.26. The highest BCUT2D eigenvalue weighted by atomic mass is 31.1. The lowest BCUT2D eigenvalue weighted by Crippen LogP contribution is -2.00. The molecule has 0 aliphatic heterocycles. The number of ether oxygens (including phenoxy) is 2. The van der Waals surface area contributed by atoms with E-state index >= 15 is 0 Å². The molecule has 0 bridgehead atoms. The lowest BCUT2D eigenvalue weighted by Gasteiger charge is -2.21. The Balaban J connectivity index is 1.39. The Hall–Kier alpha value is -5.02. The summed E-state index contributed by atoms with van der Waals surface area (Å²) in [6.07, 6.45) is 4.97. The van der Waals surface area contributed by atoms with Gasteiger partial charge < -0.3 is 27.6 Å². The monoisotopic (exact) mass is 674 g/mol. The molecule has 0 N–H and O–H groups in total. The molecule has 0 spiro atoms. The second-order valence-electron chi connectivity index (χ2n) is 10.9. The number of benzene rings is 6. The normalized spacial score (nSPS) is 11.3. The molecule has 6 aromatic rings. The van der Waals surface area contributed by atoms with E-state index in [0.29, 0.717) is 35.8 Å². The first-order chi connectivity index (χ1) is 23.6. The molecule has 0 aliphatic carbocycles. The predicted octanol–water partition coefficient (Wildman–Crippen LogP) is 11.1. The van der Waals surface area contributed by atoms with Crippen molar-refractivity contribution in [3.05, 3.63) is 146 Å². The molecule has 6 rings (SSSR count). The molecule has 6 aromatic carbocycles. The third-order valence-electron chi connectivity index (χ3n) is 7.81. The molecule has 2 unspecified atom stereocenters. The Morgan fingerprint density at radius 1 is 0.500 bits per heavy atom. The van der Waals surface area contributed by atoms with Crippen molar-refractivity contribution in [2.75, 3.05) is 14.2 Å². The largest absolute Gasteiger partial charge is 0.493 e. The zero-order valence-corrected chi connectivity index (χ0v) is 28.8. The van der Waals surface area contributed by atoms with E-state index in [0.717, 1.165) is 55.3 Å². The number of hydrogen-bond acceptors (Lipinski definition) is 6. The standard InChI is InChI=1S/C40H36O6P2/c1-5-13-27-23-33(39(37(25-27)41-3)45-47-43-35-21-11-17-29-15-7-9-19-31(29)35)34-24-28(14-6-2)26-38(42-4)40(34)46-48-44-36-22-12-18-30-16-8-10-20-32(30)36/h5-12,15-26,47-48H,1-2,13-14H2,3-4H3. The molecule has 8 heteroatoms. The number of fused-ring (bicyclic) bond motifs is 2. The van der Waals surface area contributed by atoms with Crippen LogP contribution in [0.5, 0.6) is 34.5 Å². The summed E-state index contributed by atoms with van der Waals surface area (Å²) < 4.78 is 37.2. The average molecular weight is 675 g/mol. The van der Waals surface area contributed by atoms with Crippen LogP contribution in [0.1, 0.15) is 11.1 Å². The van der Waals surface area contributed by atoms with Gasteiger partial charge >= 0.3 is 0 Å². The van der Waals surface area contributed by atoms with Gasteiger partial charge in [-0.2, -0.15) is 0 Å². The molecule has 0 aliphatic rings. The van der Waals surface area contributed by atoms with Crippen LogP contribution in [0.25, 0.3) is 32.7 Å². The van der Waals surface area contributed by atoms with Gasteiger partial charge in [-0.3, -0.25) is 0 Å². The minimum atomic E-state index is -0.358. The molecular weight excluding hydrogens is 638 g/mol. The summed E-state index contributed by atoms with van der Waals surface area (Å²) in [6.45, 7) is 7.91. The summed E-state index contributed by atoms with van der Waals surface area (Å²) >= 11 is 0. The summed E-state index contributed by atoms with van der Waals surface area (Å²) in [7, 11) is 2.54. The number of allylic oxidation sites excluding steroid dienone is 2. The Kier molecular flexibility index (Phi) is 10.8. The van der Waals surface area contributed by atoms with Gasteiger partial charge in [0.1, 0.15) is 11.5 Å². The smallest absolute Gasteiger partial charge is 0.275 e. The highest BCUT2D eigenvalue weighted by Crippen LogP contribution is 2.50. The minimum Gasteiger partial charge on any atom is -0.493 e. The van der Waals surface area contributed by atoms with E-state index in [1.54, 1.807) is 14.2 Å². The lowest BCUT2D eigenvalue weighted by atomic mass is 9.96. The van der Waals surface area contributed by atoms with E-state index in [4.69, 9.17) is 27.6 Å². The van der Waals surface area contributed by atoms with E-state index in [1.807, 2.05) is 84.9 Å². The lowest BCUT2D eigenvalue weighted by molar-refractivity contribution is 0.391. The maximum Gasteiger partial charge on any atom is 0.275 e. The Labute approximate surface area is 284 Å². The molecular formula is C40H36O6P2. The zero-order chi connectivity index (χ0) is 33.3. The number of rotatable bonds is 15. The maximum absolute atomic E-state index is 6.46. The fourth-order valence-corrected chi connectivity index (χ4v) is 6.79. The minimum absolute atomic E-state index is 0.358. The SMILES string of the molecule is C=CCc1cc(OC)c(OPOc2cccc3ccccc23)c(-c2cc(CC=C)cc(OC)c2OPOc2cccc3ccccc23)c1. The van der Waals surface area contributed by atoms with Gasteiger partial charge in [-0.05, 0) is 71.1 Å². The van der Waals surface area contributed by atoms with E-state index < -0.39 is 0 Å². The van der Waals surface area contributed by atoms with Crippen molar-refractivity contribution in [1.82, 2.24) is 0 Å². The fourth-order valence-electron chi connectivity index (χ4n) is 5.59. The summed E-state index contributed by atoms with van der Waals surface area (Å²) in [6, 6.07) is 36.2. The van der Waals surface area contributed by atoms with Crippen molar-refractivity contribution in [3.63, 3.8) is 0 Å². The van der Waals surface area contributed by atoms with Crippen LogP contribution in [-0.4, -0.2) is 14.2 Å². The maximum atomic E-state index is 6.46. The molecule has 0 aromatic heterocycles. The average Bonchev–Trinajstić information content (AvgIpc) is 3.12. The molecule has 0 amide bonds. The molecule has 48 heavy (non-hydrogen) atoms. The molecule has 0 fully saturated rings. The molecule has 6 nitrogen and oxygen atoms in total. The van der Waals surface area contributed by atoms with Crippen LogP contribution >= 0.6 is 18.1 Å². The molecule has 2 atom stereocenters. The predicted molar refractivity (Wildman–Crippen MR) is 200 cm³/mol. The van der Waals surface area contributed by atoms with Crippen LogP contribution in [0.15, 0.2) is 135 Å². The van der Waals surface area contributed by atoms with Crippen molar-refractivity contribution in [3.8, 4) is 45.6 Å². The highest BCUT2D eigenvalue weighted by molar-refractivity contribution is 7.27. The van der Waals surface area contributed by atoms with Crippen molar-refractivity contribution in [2.24, 2.45) is 0 Å². The van der Waals surface area contributed by atoms with Gasteiger partial charge in [-0.1, -0.05) is 84.9 Å². The van der Waals surface area contributed by atoms with E-state index in [9.17, 15) is 0 Å². The zero-order valence-electron chi connectivity index (χ0n) is 26.8. The van der Waals surface area contributed by atoms with Crippen molar-refractivity contribution >= 4 is 39.6 Å². The number of hydrogen-bond donors (Lipinski definition) is 0. The number of methoxy groups -OCH3 is 2. The Morgan fingerprint density at radius 2 is 0.917 bits per heavy atom. The molecule has 0 saturated carbocycles. The van der Waals surface area contributed by atoms with Gasteiger partial charge in [-0.15, -0.1) is 13.2 Å². The second kappa shape index (κ2) is 15.7. The van der Waals surface area contributed by atoms with Crippen LogP contribution in [0, 0.1) is 0 Å². The summed E-state index contributed by atoms with van der Waals surface area (Å²) in [5.41, 5.74) is 3.51. The van der Waals surface area contributed by atoms with E-state index in [1.165, 1.54) is 0 Å². The summed E-state index contributed by atoms with van der Waals surface area (Å²) in [4.78, 5) is 0. The fraction of sp³-hybridized carbons (Fsp3) is 0.100. The first-order valence-corrected chi connectivity index (χ1v) is 17.0. The quantitative estimate of drug-likeness (QED) is 0.0798. The van der Waals surface area contributed by atoms with E-state index in [2.05, 4.69) is 49.6 Å². The van der Waals surface area contributed by atoms with Gasteiger partial charge in [0.25, 0.3) is 18.1 Å². The Morgan fingerprint density at radius 3 is 1.33 bits per heavy atom. The van der Waals surface area contributed by atoms with Gasteiger partial charge in [0.15, 0.2) is 23.0 Å². The molecule has 242 valence electrons. The molecule has 0 heterocycles. The molecule has 0 saturated heterocycles. The second-order valence-corrected chi connectivity index (χ2v) is 12.0. The van der Waals surface area contributed by atoms with Gasteiger partial charge in [0.05, 0.1) is 14.2 Å². The first-order valence-electron chi connectivity index (χ1n) is 15.4. The highest BCUT2D eigenvalue weighted by Gasteiger charge is 2.23. The summed E-state index contributed by atoms with van der Waals surface area (Å²) in [5, 5.41) is 4.20. The van der Waals surface area contributed by atoms with Crippen molar-refractivity contribution in [2.45, 2.75) is 12.8 Å². The molecule has 0 radical (unpaired) electrons. The van der Waals surface area contributed by atoms with Gasteiger partial charge in [0, 0.05) is 21.9 Å². The van der Waals surface area contributed by atoms with Crippen LogP contribution in [0.2, 0.25) is 0 Å². The van der Waals surface area contributed by atoms with Gasteiger partial charge in [0.2, 0.25) is 0 Å². The van der Waals surface area contributed by atoms with Crippen LogP contribution in [0.3, 0.4) is 0 Å². The van der Waals surface area contributed by atoms with Crippen LogP contribution in [-0.2, 0) is 12.8 Å². The topological polar surface area (TPSA) is 55.4 Å². The Bertz CT molecular complexity index is 1920. The van der Waals surface area contributed by atoms with Gasteiger partial charge in [-0.25, -0.2) is 0 Å². The third-order valence-corrected chi connectivity index (χ3v) is 8.99. The first kappa shape index (κ1) is 32.9. The summed E-state index contributed by atoms with van der Waals surface area (Å²) in [5.74, 6) is 3.63.